The molecule has 6 heteroatoms. The molecule has 0 saturated carbocycles. The Morgan fingerprint density at radius 1 is 1.32 bits per heavy atom. The third-order valence-corrected chi connectivity index (χ3v) is 3.27. The average molecular weight is 325 g/mol. The summed E-state index contributed by atoms with van der Waals surface area (Å²) in [5, 5.41) is 6.99. The minimum Gasteiger partial charge on any atom is -0.356 e. The molecule has 0 fully saturated rings. The Hall–Kier alpha value is -1.75. The normalized spacial score (nSPS) is 11.2. The third-order valence-electron chi connectivity index (χ3n) is 3.04. The first kappa shape index (κ1) is 18.3. The molecule has 1 amide bonds. The van der Waals surface area contributed by atoms with Crippen molar-refractivity contribution in [2.75, 3.05) is 27.2 Å². The molecule has 0 aliphatic heterocycles. The van der Waals surface area contributed by atoms with Crippen LogP contribution in [-0.2, 0) is 11.3 Å². The van der Waals surface area contributed by atoms with Gasteiger partial charge in [0.05, 0.1) is 13.1 Å². The van der Waals surface area contributed by atoms with E-state index in [2.05, 4.69) is 22.5 Å². The van der Waals surface area contributed by atoms with Gasteiger partial charge in [0.25, 0.3) is 0 Å². The first-order valence-electron chi connectivity index (χ1n) is 7.49. The van der Waals surface area contributed by atoms with Crippen molar-refractivity contribution in [3.05, 3.63) is 34.9 Å². The lowest BCUT2D eigenvalue weighted by Gasteiger charge is -2.14. The second-order valence-electron chi connectivity index (χ2n) is 5.22. The molecule has 0 aromatic heterocycles. The van der Waals surface area contributed by atoms with Crippen LogP contribution in [0.1, 0.15) is 25.3 Å². The van der Waals surface area contributed by atoms with Gasteiger partial charge in [0.15, 0.2) is 5.96 Å². The molecule has 0 saturated heterocycles. The van der Waals surface area contributed by atoms with Crippen LogP contribution < -0.4 is 10.6 Å². The molecule has 22 heavy (non-hydrogen) atoms. The summed E-state index contributed by atoms with van der Waals surface area (Å²) in [5.74, 6) is 0.649. The number of hydrogen-bond acceptors (Lipinski definition) is 2. The van der Waals surface area contributed by atoms with Crippen LogP contribution in [-0.4, -0.2) is 44.0 Å². The Morgan fingerprint density at radius 3 is 2.73 bits per heavy atom. The second-order valence-corrected chi connectivity index (χ2v) is 5.65. The zero-order valence-corrected chi connectivity index (χ0v) is 14.3. The van der Waals surface area contributed by atoms with Crippen molar-refractivity contribution >= 4 is 23.5 Å². The lowest BCUT2D eigenvalue weighted by Crippen LogP contribution is -2.43. The maximum atomic E-state index is 11.7. The Bertz CT molecular complexity index is 503. The maximum Gasteiger partial charge on any atom is 0.241 e. The number of amides is 1. The number of likely N-dealkylation sites (N-methyl/N-ethyl adjacent to an activating group) is 1. The summed E-state index contributed by atoms with van der Waals surface area (Å²) in [7, 11) is 3.47. The van der Waals surface area contributed by atoms with Crippen LogP contribution in [0.4, 0.5) is 0 Å². The highest BCUT2D eigenvalue weighted by Gasteiger charge is 2.05. The first-order valence-corrected chi connectivity index (χ1v) is 7.87. The van der Waals surface area contributed by atoms with E-state index in [9.17, 15) is 4.79 Å². The van der Waals surface area contributed by atoms with Gasteiger partial charge in [0.2, 0.25) is 5.91 Å². The minimum absolute atomic E-state index is 0.00717. The van der Waals surface area contributed by atoms with E-state index in [1.165, 1.54) is 0 Å². The summed E-state index contributed by atoms with van der Waals surface area (Å²) in [4.78, 5) is 17.7. The van der Waals surface area contributed by atoms with Gasteiger partial charge in [-0.25, -0.2) is 4.99 Å². The van der Waals surface area contributed by atoms with E-state index >= 15 is 0 Å². The maximum absolute atomic E-state index is 11.7. The summed E-state index contributed by atoms with van der Waals surface area (Å²) in [6.07, 6.45) is 2.16. The Balaban J connectivity index is 2.62. The van der Waals surface area contributed by atoms with Crippen LogP contribution >= 0.6 is 11.6 Å². The molecule has 0 atom stereocenters. The largest absolute Gasteiger partial charge is 0.356 e. The highest BCUT2D eigenvalue weighted by Crippen LogP contribution is 2.11. The molecule has 0 aliphatic carbocycles. The molecular weight excluding hydrogens is 300 g/mol. The van der Waals surface area contributed by atoms with Gasteiger partial charge >= 0.3 is 0 Å². The van der Waals surface area contributed by atoms with Crippen LogP contribution in [0.25, 0.3) is 0 Å². The van der Waals surface area contributed by atoms with Crippen LogP contribution in [0.2, 0.25) is 5.02 Å². The van der Waals surface area contributed by atoms with E-state index in [0.717, 1.165) is 24.9 Å². The highest BCUT2D eigenvalue weighted by molar-refractivity contribution is 6.30. The third kappa shape index (κ3) is 7.31. The molecule has 1 aromatic carbocycles. The van der Waals surface area contributed by atoms with Crippen LogP contribution in [0, 0.1) is 0 Å². The first-order chi connectivity index (χ1) is 10.5. The molecular formula is C16H25ClN4O. The molecule has 2 N–H and O–H groups in total. The standard InChI is InChI=1S/C16H25ClN4O/c1-4-5-9-18-16(20-12-15(22)21(2)3)19-11-13-7-6-8-14(17)10-13/h6-8,10H,4-5,9,11-12H2,1-3H3,(H2,18,19,20). The lowest BCUT2D eigenvalue weighted by molar-refractivity contribution is -0.127. The number of carbonyl (C=O) groups is 1. The topological polar surface area (TPSA) is 56.7 Å². The zero-order valence-electron chi connectivity index (χ0n) is 13.5. The Labute approximate surface area is 137 Å². The van der Waals surface area contributed by atoms with Crippen LogP contribution in [0.5, 0.6) is 0 Å². The molecule has 1 aromatic rings. The molecule has 0 heterocycles. The van der Waals surface area contributed by atoms with Crippen molar-refractivity contribution in [2.45, 2.75) is 26.3 Å². The average Bonchev–Trinajstić information content (AvgIpc) is 2.49. The smallest absolute Gasteiger partial charge is 0.241 e. The fourth-order valence-electron chi connectivity index (χ4n) is 1.68. The summed E-state index contributed by atoms with van der Waals surface area (Å²) in [5.41, 5.74) is 1.03. The number of guanidine groups is 1. The number of hydrogen-bond donors (Lipinski definition) is 2. The van der Waals surface area contributed by atoms with Crippen molar-refractivity contribution < 1.29 is 4.79 Å². The molecule has 0 bridgehead atoms. The number of unbranched alkanes of at least 4 members (excludes halogenated alkanes) is 1. The predicted octanol–water partition coefficient (Wildman–Crippen LogP) is 2.26. The number of aliphatic imine (C=N–C) groups is 1. The fraction of sp³-hybridized carbons (Fsp3) is 0.500. The van der Waals surface area contributed by atoms with Crippen molar-refractivity contribution in [3.8, 4) is 0 Å². The molecule has 122 valence electrons. The van der Waals surface area contributed by atoms with Crippen molar-refractivity contribution in [3.63, 3.8) is 0 Å². The van der Waals surface area contributed by atoms with Crippen LogP contribution in [0.15, 0.2) is 29.3 Å². The van der Waals surface area contributed by atoms with Crippen LogP contribution in [0.3, 0.4) is 0 Å². The highest BCUT2D eigenvalue weighted by atomic mass is 35.5. The van der Waals surface area contributed by atoms with E-state index in [0.29, 0.717) is 17.5 Å². The molecule has 0 aliphatic rings. The van der Waals surface area contributed by atoms with E-state index < -0.39 is 0 Å². The van der Waals surface area contributed by atoms with E-state index in [1.807, 2.05) is 24.3 Å². The van der Waals surface area contributed by atoms with Gasteiger partial charge in [-0.1, -0.05) is 37.1 Å². The molecule has 0 radical (unpaired) electrons. The summed E-state index contributed by atoms with van der Waals surface area (Å²) >= 11 is 5.97. The molecule has 0 spiro atoms. The van der Waals surface area contributed by atoms with Crippen molar-refractivity contribution in [2.24, 2.45) is 4.99 Å². The Kier molecular flexibility index (Phi) is 8.36. The monoisotopic (exact) mass is 324 g/mol. The van der Waals surface area contributed by atoms with Gasteiger partial charge in [-0.2, -0.15) is 0 Å². The van der Waals surface area contributed by atoms with Gasteiger partial charge in [0, 0.05) is 25.7 Å². The number of rotatable bonds is 7. The van der Waals surface area contributed by atoms with Gasteiger partial charge in [-0.05, 0) is 24.1 Å². The summed E-state index contributed by atoms with van der Waals surface area (Å²) in [6, 6.07) is 7.60. The number of carbonyl (C=O) groups excluding carboxylic acids is 1. The predicted molar refractivity (Wildman–Crippen MR) is 92.2 cm³/mol. The fourth-order valence-corrected chi connectivity index (χ4v) is 1.89. The number of halogens is 1. The van der Waals surface area contributed by atoms with Gasteiger partial charge in [-0.3, -0.25) is 4.79 Å². The van der Waals surface area contributed by atoms with Gasteiger partial charge in [0.1, 0.15) is 0 Å². The van der Waals surface area contributed by atoms with Gasteiger partial charge in [-0.15, -0.1) is 0 Å². The Morgan fingerprint density at radius 2 is 2.09 bits per heavy atom. The SMILES string of the molecule is CCCCNC(=NCc1cccc(Cl)c1)NCC(=O)N(C)C. The lowest BCUT2D eigenvalue weighted by atomic mass is 10.2. The second kappa shape index (κ2) is 10.1. The quantitative estimate of drug-likeness (QED) is 0.459. The van der Waals surface area contributed by atoms with E-state index in [4.69, 9.17) is 11.6 Å². The molecule has 0 unspecified atom stereocenters. The number of nitrogens with zero attached hydrogens (tertiary/aromatic N) is 2. The van der Waals surface area contributed by atoms with E-state index in [1.54, 1.807) is 19.0 Å². The zero-order chi connectivity index (χ0) is 16.4. The summed E-state index contributed by atoms with van der Waals surface area (Å²) < 4.78 is 0. The number of benzene rings is 1. The molecule has 1 rings (SSSR count). The minimum atomic E-state index is 0.00717. The molecule has 5 nitrogen and oxygen atoms in total. The van der Waals surface area contributed by atoms with E-state index in [-0.39, 0.29) is 12.5 Å². The number of nitrogens with one attached hydrogen (secondary N) is 2. The van der Waals surface area contributed by atoms with Crippen molar-refractivity contribution in [1.29, 1.82) is 0 Å². The summed E-state index contributed by atoms with van der Waals surface area (Å²) in [6.45, 7) is 3.69. The van der Waals surface area contributed by atoms with Gasteiger partial charge < -0.3 is 15.5 Å². The van der Waals surface area contributed by atoms with Crippen molar-refractivity contribution in [1.82, 2.24) is 15.5 Å².